The van der Waals surface area contributed by atoms with Crippen molar-refractivity contribution in [3.8, 4) is 0 Å². The van der Waals surface area contributed by atoms with Crippen LogP contribution in [0.5, 0.6) is 0 Å². The zero-order chi connectivity index (χ0) is 16.4. The molecule has 1 rings (SSSR count). The third kappa shape index (κ3) is 4.82. The highest BCUT2D eigenvalue weighted by atomic mass is 16.6. The van der Waals surface area contributed by atoms with Gasteiger partial charge in [-0.05, 0) is 41.7 Å². The van der Waals surface area contributed by atoms with E-state index in [1.807, 2.05) is 20.8 Å². The van der Waals surface area contributed by atoms with E-state index in [4.69, 9.17) is 0 Å². The Kier molecular flexibility index (Phi) is 5.06. The van der Waals surface area contributed by atoms with Crippen LogP contribution in [0.2, 0.25) is 0 Å². The van der Waals surface area contributed by atoms with Crippen molar-refractivity contribution < 1.29 is 9.72 Å². The van der Waals surface area contributed by atoms with Gasteiger partial charge in [0.1, 0.15) is 11.4 Å². The van der Waals surface area contributed by atoms with Crippen LogP contribution >= 0.6 is 0 Å². The summed E-state index contributed by atoms with van der Waals surface area (Å²) in [6.45, 7) is 9.51. The average molecular weight is 297 g/mol. The van der Waals surface area contributed by atoms with Crippen LogP contribution in [0, 0.1) is 24.0 Å². The van der Waals surface area contributed by atoms with Crippen LogP contribution in [0.3, 0.4) is 0 Å². The highest BCUT2D eigenvalue weighted by molar-refractivity contribution is 5.78. The van der Waals surface area contributed by atoms with E-state index in [0.29, 0.717) is 18.1 Å². The molecular weight excluding hydrogens is 274 g/mol. The topological polar surface area (TPSA) is 93.3 Å². The maximum atomic E-state index is 11.8. The predicted octanol–water partition coefficient (Wildman–Crippen LogP) is 1.21. The quantitative estimate of drug-likeness (QED) is 0.651. The first-order valence-electron chi connectivity index (χ1n) is 6.69. The molecule has 0 saturated carbocycles. The van der Waals surface area contributed by atoms with Crippen LogP contribution < -0.4 is 5.32 Å². The van der Waals surface area contributed by atoms with Crippen LogP contribution in [0.15, 0.2) is 0 Å². The van der Waals surface area contributed by atoms with Gasteiger partial charge in [0.05, 0.1) is 18.1 Å². The van der Waals surface area contributed by atoms with Crippen LogP contribution in [0.1, 0.15) is 32.2 Å². The standard InChI is InChI=1S/C13H23N5O3/c1-9-12(18(20)21)10(2)17(15-9)8-16(6)7-11(19)14-13(3,4)5/h7-8H2,1-6H3,(H,14,19). The molecule has 0 aromatic carbocycles. The van der Waals surface area contributed by atoms with Gasteiger partial charge >= 0.3 is 5.69 Å². The fourth-order valence-corrected chi connectivity index (χ4v) is 2.07. The lowest BCUT2D eigenvalue weighted by atomic mass is 10.1. The summed E-state index contributed by atoms with van der Waals surface area (Å²) >= 11 is 0. The number of rotatable bonds is 5. The third-order valence-electron chi connectivity index (χ3n) is 2.83. The van der Waals surface area contributed by atoms with Crippen molar-refractivity contribution in [1.29, 1.82) is 0 Å². The van der Waals surface area contributed by atoms with Crippen LogP contribution in [-0.4, -0.2) is 44.6 Å². The van der Waals surface area contributed by atoms with Crippen molar-refractivity contribution in [1.82, 2.24) is 20.0 Å². The molecule has 0 aliphatic carbocycles. The van der Waals surface area contributed by atoms with Crippen molar-refractivity contribution in [3.63, 3.8) is 0 Å². The van der Waals surface area contributed by atoms with Gasteiger partial charge in [0.2, 0.25) is 5.91 Å². The van der Waals surface area contributed by atoms with Gasteiger partial charge in [0, 0.05) is 5.54 Å². The Balaban J connectivity index is 2.72. The van der Waals surface area contributed by atoms with Gasteiger partial charge in [-0.25, -0.2) is 4.68 Å². The molecular formula is C13H23N5O3. The molecule has 1 aromatic rings. The smallest absolute Gasteiger partial charge is 0.312 e. The molecule has 1 aromatic heterocycles. The minimum atomic E-state index is -0.430. The first-order valence-corrected chi connectivity index (χ1v) is 6.69. The molecule has 1 heterocycles. The Hall–Kier alpha value is -1.96. The molecule has 8 nitrogen and oxygen atoms in total. The maximum Gasteiger partial charge on any atom is 0.312 e. The molecule has 21 heavy (non-hydrogen) atoms. The molecule has 0 aliphatic rings. The first-order chi connectivity index (χ1) is 9.51. The Morgan fingerprint density at radius 2 is 2.00 bits per heavy atom. The normalized spacial score (nSPS) is 11.8. The third-order valence-corrected chi connectivity index (χ3v) is 2.83. The molecule has 1 N–H and O–H groups in total. The predicted molar refractivity (Wildman–Crippen MR) is 78.9 cm³/mol. The molecule has 0 bridgehead atoms. The molecule has 0 radical (unpaired) electrons. The SMILES string of the molecule is Cc1nn(CN(C)CC(=O)NC(C)(C)C)c(C)c1[N+](=O)[O-]. The zero-order valence-corrected chi connectivity index (χ0v) is 13.4. The molecule has 0 atom stereocenters. The van der Waals surface area contributed by atoms with E-state index in [9.17, 15) is 14.9 Å². The molecule has 8 heteroatoms. The Morgan fingerprint density at radius 1 is 1.43 bits per heavy atom. The van der Waals surface area contributed by atoms with E-state index in [-0.39, 0.29) is 23.7 Å². The van der Waals surface area contributed by atoms with E-state index >= 15 is 0 Å². The van der Waals surface area contributed by atoms with Crippen molar-refractivity contribution in [2.24, 2.45) is 0 Å². The summed E-state index contributed by atoms with van der Waals surface area (Å²) in [5, 5.41) is 18.0. The van der Waals surface area contributed by atoms with Crippen molar-refractivity contribution in [3.05, 3.63) is 21.5 Å². The lowest BCUT2D eigenvalue weighted by Gasteiger charge is -2.23. The highest BCUT2D eigenvalue weighted by Crippen LogP contribution is 2.21. The number of nitrogens with zero attached hydrogens (tertiary/aromatic N) is 4. The number of likely N-dealkylation sites (N-methyl/N-ethyl adjacent to an activating group) is 1. The fraction of sp³-hybridized carbons (Fsp3) is 0.692. The van der Waals surface area contributed by atoms with Gasteiger partial charge in [-0.15, -0.1) is 0 Å². The van der Waals surface area contributed by atoms with Crippen molar-refractivity contribution >= 4 is 11.6 Å². The van der Waals surface area contributed by atoms with E-state index in [1.165, 1.54) is 4.68 Å². The molecule has 0 fully saturated rings. The van der Waals surface area contributed by atoms with Gasteiger partial charge in [-0.2, -0.15) is 5.10 Å². The van der Waals surface area contributed by atoms with Gasteiger partial charge < -0.3 is 5.32 Å². The molecule has 0 aliphatic heterocycles. The van der Waals surface area contributed by atoms with Gasteiger partial charge in [0.25, 0.3) is 0 Å². The van der Waals surface area contributed by atoms with Crippen LogP contribution in [0.4, 0.5) is 5.69 Å². The summed E-state index contributed by atoms with van der Waals surface area (Å²) in [4.78, 5) is 24.1. The minimum Gasteiger partial charge on any atom is -0.350 e. The number of aromatic nitrogens is 2. The maximum absolute atomic E-state index is 11.8. The van der Waals surface area contributed by atoms with Gasteiger partial charge in [-0.1, -0.05) is 0 Å². The largest absolute Gasteiger partial charge is 0.350 e. The van der Waals surface area contributed by atoms with Gasteiger partial charge in [-0.3, -0.25) is 19.8 Å². The second-order valence-electron chi connectivity index (χ2n) is 6.23. The molecule has 0 spiro atoms. The summed E-state index contributed by atoms with van der Waals surface area (Å²) < 4.78 is 1.54. The number of amides is 1. The van der Waals surface area contributed by atoms with E-state index < -0.39 is 4.92 Å². The summed E-state index contributed by atoms with van der Waals surface area (Å²) in [7, 11) is 1.77. The number of hydrogen-bond acceptors (Lipinski definition) is 5. The monoisotopic (exact) mass is 297 g/mol. The van der Waals surface area contributed by atoms with Crippen molar-refractivity contribution in [2.45, 2.75) is 46.8 Å². The van der Waals surface area contributed by atoms with Gasteiger partial charge in [0.15, 0.2) is 0 Å². The van der Waals surface area contributed by atoms with E-state index in [0.717, 1.165) is 0 Å². The Labute approximate surface area is 124 Å². The lowest BCUT2D eigenvalue weighted by Crippen LogP contribution is -2.45. The molecule has 1 amide bonds. The Morgan fingerprint density at radius 3 is 2.43 bits per heavy atom. The molecule has 118 valence electrons. The average Bonchev–Trinajstić information content (AvgIpc) is 2.50. The zero-order valence-electron chi connectivity index (χ0n) is 13.4. The molecule has 0 unspecified atom stereocenters. The summed E-state index contributed by atoms with van der Waals surface area (Å²) in [5.41, 5.74) is 0.614. The minimum absolute atomic E-state index is 0.0301. The lowest BCUT2D eigenvalue weighted by molar-refractivity contribution is -0.386. The number of carbonyl (C=O) groups is 1. The number of nitrogens with one attached hydrogen (secondary N) is 1. The fourth-order valence-electron chi connectivity index (χ4n) is 2.07. The first kappa shape index (κ1) is 17.1. The number of aryl methyl sites for hydroxylation is 1. The highest BCUT2D eigenvalue weighted by Gasteiger charge is 2.22. The van der Waals surface area contributed by atoms with Crippen LogP contribution in [0.25, 0.3) is 0 Å². The summed E-state index contributed by atoms with van der Waals surface area (Å²) in [6.07, 6.45) is 0. The number of hydrogen-bond donors (Lipinski definition) is 1. The summed E-state index contributed by atoms with van der Waals surface area (Å²) in [5.74, 6) is -0.0963. The summed E-state index contributed by atoms with van der Waals surface area (Å²) in [6, 6.07) is 0. The van der Waals surface area contributed by atoms with E-state index in [2.05, 4.69) is 10.4 Å². The van der Waals surface area contributed by atoms with Crippen LogP contribution in [-0.2, 0) is 11.5 Å². The van der Waals surface area contributed by atoms with E-state index in [1.54, 1.807) is 25.8 Å². The number of nitro groups is 1. The second-order valence-corrected chi connectivity index (χ2v) is 6.23. The molecule has 0 saturated heterocycles. The number of carbonyl (C=O) groups excluding carboxylic acids is 1. The van der Waals surface area contributed by atoms with Crippen molar-refractivity contribution in [2.75, 3.05) is 13.6 Å². The Bertz CT molecular complexity index is 545. The second kappa shape index (κ2) is 6.21.